The molecule has 3 rings (SSSR count). The highest BCUT2D eigenvalue weighted by molar-refractivity contribution is 6.80. The molecule has 0 saturated carbocycles. The number of ether oxygens (including phenoxy) is 2. The van der Waals surface area contributed by atoms with E-state index in [4.69, 9.17) is 19.4 Å². The Balaban J connectivity index is 2.25. The molecule has 0 N–H and O–H groups in total. The van der Waals surface area contributed by atoms with E-state index in [0.717, 1.165) is 16.9 Å². The van der Waals surface area contributed by atoms with Gasteiger partial charge >= 0.3 is 0 Å². The van der Waals surface area contributed by atoms with Gasteiger partial charge in [0, 0.05) is 22.1 Å². The molecule has 0 aromatic heterocycles. The first-order valence-electron chi connectivity index (χ1n) is 11.4. The van der Waals surface area contributed by atoms with Crippen LogP contribution in [0.4, 0.5) is 0 Å². The summed E-state index contributed by atoms with van der Waals surface area (Å²) in [5.74, 6) is 2.06. The van der Waals surface area contributed by atoms with Crippen molar-refractivity contribution in [2.45, 2.75) is 45.6 Å². The van der Waals surface area contributed by atoms with Crippen LogP contribution in [0.15, 0.2) is 71.8 Å². The Labute approximate surface area is 203 Å². The molecule has 0 fully saturated rings. The largest absolute Gasteiger partial charge is 0.535 e. The minimum atomic E-state index is -2.12. The summed E-state index contributed by atoms with van der Waals surface area (Å²) in [6.07, 6.45) is 0.472. The first kappa shape index (κ1) is 25.2. The van der Waals surface area contributed by atoms with Crippen LogP contribution in [-0.2, 0) is 11.8 Å². The fraction of sp³-hybridized carbons (Fsp3) is 0.333. The third-order valence-corrected chi connectivity index (χ3v) is 8.17. The Kier molecular flexibility index (Phi) is 8.26. The van der Waals surface area contributed by atoms with Crippen molar-refractivity contribution >= 4 is 19.4 Å². The van der Waals surface area contributed by atoms with Gasteiger partial charge in [0.1, 0.15) is 5.75 Å². The van der Waals surface area contributed by atoms with Crippen LogP contribution in [0.3, 0.4) is 0 Å². The summed E-state index contributed by atoms with van der Waals surface area (Å²) < 4.78 is 18.8. The van der Waals surface area contributed by atoms with E-state index in [9.17, 15) is 0 Å². The van der Waals surface area contributed by atoms with Gasteiger partial charge in [-0.25, -0.2) is 0 Å². The van der Waals surface area contributed by atoms with Crippen molar-refractivity contribution < 1.29 is 13.9 Å². The summed E-state index contributed by atoms with van der Waals surface area (Å²) in [4.78, 5) is 2.97. The monoisotopic (exact) mass is 475 g/mol. The van der Waals surface area contributed by atoms with Crippen LogP contribution in [0.25, 0.3) is 10.4 Å². The SMILES string of the molecule is COc1cc(C(C)(C)C)c(O[SiH](c2ccccc2)c2ccccc2)c(OC)c1CC(C)N=[N+]=[N-]. The van der Waals surface area contributed by atoms with Crippen LogP contribution in [0, 0.1) is 0 Å². The van der Waals surface area contributed by atoms with Gasteiger partial charge in [0.05, 0.1) is 14.2 Å². The van der Waals surface area contributed by atoms with Gasteiger partial charge in [-0.05, 0) is 33.8 Å². The van der Waals surface area contributed by atoms with Gasteiger partial charge in [-0.1, -0.05) is 93.5 Å². The van der Waals surface area contributed by atoms with Crippen LogP contribution < -0.4 is 24.3 Å². The molecule has 0 radical (unpaired) electrons. The average Bonchev–Trinajstić information content (AvgIpc) is 2.83. The lowest BCUT2D eigenvalue weighted by Gasteiger charge is -2.30. The topological polar surface area (TPSA) is 76.5 Å². The second kappa shape index (κ2) is 11.1. The third-order valence-electron chi connectivity index (χ3n) is 5.72. The number of azide groups is 1. The quantitative estimate of drug-likeness (QED) is 0.186. The molecular formula is C27H33N3O3Si. The zero-order chi connectivity index (χ0) is 24.7. The van der Waals surface area contributed by atoms with E-state index in [-0.39, 0.29) is 11.5 Å². The lowest BCUT2D eigenvalue weighted by Crippen LogP contribution is -2.47. The Morgan fingerprint density at radius 3 is 1.91 bits per heavy atom. The van der Waals surface area contributed by atoms with Gasteiger partial charge in [-0.2, -0.15) is 0 Å². The van der Waals surface area contributed by atoms with Crippen LogP contribution >= 0.6 is 0 Å². The zero-order valence-electron chi connectivity index (χ0n) is 20.8. The number of hydrogen-bond donors (Lipinski definition) is 0. The van der Waals surface area contributed by atoms with E-state index in [0.29, 0.717) is 17.9 Å². The number of nitrogens with zero attached hydrogens (tertiary/aromatic N) is 3. The van der Waals surface area contributed by atoms with E-state index >= 15 is 0 Å². The molecule has 6 nitrogen and oxygen atoms in total. The molecule has 0 aliphatic rings. The molecule has 34 heavy (non-hydrogen) atoms. The van der Waals surface area contributed by atoms with Crippen molar-refractivity contribution in [1.29, 1.82) is 0 Å². The number of rotatable bonds is 9. The maximum absolute atomic E-state index is 8.92. The molecule has 0 saturated heterocycles. The maximum atomic E-state index is 8.92. The Morgan fingerprint density at radius 1 is 0.912 bits per heavy atom. The van der Waals surface area contributed by atoms with Gasteiger partial charge in [0.15, 0.2) is 11.5 Å². The number of methoxy groups -OCH3 is 2. The van der Waals surface area contributed by atoms with E-state index in [1.165, 1.54) is 10.4 Å². The summed E-state index contributed by atoms with van der Waals surface area (Å²) in [5, 5.41) is 6.22. The van der Waals surface area contributed by atoms with Gasteiger partial charge < -0.3 is 13.9 Å². The van der Waals surface area contributed by atoms with Crippen molar-refractivity contribution in [3.05, 3.63) is 88.3 Å². The summed E-state index contributed by atoms with van der Waals surface area (Å²) in [5.41, 5.74) is 10.5. The van der Waals surface area contributed by atoms with Gasteiger partial charge in [0.2, 0.25) is 0 Å². The molecule has 0 amide bonds. The van der Waals surface area contributed by atoms with Gasteiger partial charge in [0.25, 0.3) is 9.04 Å². The minimum absolute atomic E-state index is 0.225. The van der Waals surface area contributed by atoms with Crippen LogP contribution in [-0.4, -0.2) is 29.3 Å². The predicted molar refractivity (Wildman–Crippen MR) is 140 cm³/mol. The first-order chi connectivity index (χ1) is 16.3. The Bertz CT molecular complexity index is 1100. The highest BCUT2D eigenvalue weighted by atomic mass is 28.3. The number of hydrogen-bond acceptors (Lipinski definition) is 4. The van der Waals surface area contributed by atoms with E-state index in [1.807, 2.05) is 49.4 Å². The standard InChI is InChI=1S/C27H33N3O3Si/c1-19(29-30-28)17-22-24(31-5)18-23(27(2,3)4)26(25(22)32-6)33-34(20-13-9-7-10-14-20)21-15-11-8-12-16-21/h7-16,18-19,34H,17H2,1-6H3. The molecule has 0 aliphatic carbocycles. The van der Waals surface area contributed by atoms with Crippen molar-refractivity contribution in [3.8, 4) is 17.2 Å². The van der Waals surface area contributed by atoms with Crippen molar-refractivity contribution in [2.24, 2.45) is 5.11 Å². The summed E-state index contributed by atoms with van der Waals surface area (Å²) in [6.45, 7) is 8.33. The fourth-order valence-electron chi connectivity index (χ4n) is 4.05. The molecule has 0 heterocycles. The molecule has 0 aliphatic heterocycles. The maximum Gasteiger partial charge on any atom is 0.299 e. The minimum Gasteiger partial charge on any atom is -0.535 e. The second-order valence-electron chi connectivity index (χ2n) is 9.29. The zero-order valence-corrected chi connectivity index (χ0v) is 21.9. The van der Waals surface area contributed by atoms with Crippen LogP contribution in [0.5, 0.6) is 17.2 Å². The average molecular weight is 476 g/mol. The molecule has 3 aromatic carbocycles. The fourth-order valence-corrected chi connectivity index (χ4v) is 6.32. The molecule has 0 spiro atoms. The van der Waals surface area contributed by atoms with Crippen molar-refractivity contribution in [1.82, 2.24) is 0 Å². The Morgan fingerprint density at radius 2 is 1.47 bits per heavy atom. The second-order valence-corrected chi connectivity index (χ2v) is 11.6. The van der Waals surface area contributed by atoms with Crippen LogP contribution in [0.1, 0.15) is 38.8 Å². The summed E-state index contributed by atoms with van der Waals surface area (Å²) >= 11 is 0. The molecule has 7 heteroatoms. The molecule has 1 unspecified atom stereocenters. The molecule has 178 valence electrons. The molecule has 3 aromatic rings. The lowest BCUT2D eigenvalue weighted by molar-refractivity contribution is 0.365. The smallest absolute Gasteiger partial charge is 0.299 e. The van der Waals surface area contributed by atoms with Gasteiger partial charge in [-0.3, -0.25) is 0 Å². The Hall–Kier alpha value is -3.41. The third kappa shape index (κ3) is 5.74. The number of benzene rings is 3. The first-order valence-corrected chi connectivity index (χ1v) is 13.0. The van der Waals surface area contributed by atoms with E-state index < -0.39 is 9.04 Å². The van der Waals surface area contributed by atoms with Crippen molar-refractivity contribution in [2.75, 3.05) is 14.2 Å². The van der Waals surface area contributed by atoms with Gasteiger partial charge in [-0.15, -0.1) is 0 Å². The highest BCUT2D eigenvalue weighted by Crippen LogP contribution is 2.46. The predicted octanol–water partition coefficient (Wildman–Crippen LogP) is 5.16. The van der Waals surface area contributed by atoms with Crippen LogP contribution in [0.2, 0.25) is 0 Å². The molecular weight excluding hydrogens is 442 g/mol. The van der Waals surface area contributed by atoms with E-state index in [2.05, 4.69) is 55.1 Å². The lowest BCUT2D eigenvalue weighted by atomic mass is 9.84. The summed E-state index contributed by atoms with van der Waals surface area (Å²) in [6, 6.07) is 22.5. The molecule has 1 atom stereocenters. The summed E-state index contributed by atoms with van der Waals surface area (Å²) in [7, 11) is 1.18. The normalized spacial score (nSPS) is 12.1. The molecule has 0 bridgehead atoms. The van der Waals surface area contributed by atoms with E-state index in [1.54, 1.807) is 14.2 Å². The van der Waals surface area contributed by atoms with Crippen molar-refractivity contribution in [3.63, 3.8) is 0 Å². The highest BCUT2D eigenvalue weighted by Gasteiger charge is 2.31.